The minimum absolute atomic E-state index is 0.178. The highest BCUT2D eigenvalue weighted by molar-refractivity contribution is 5.08. The molecule has 170 valence electrons. The SMILES string of the molecule is C=C(CC/C=C(\C)CCC=C(C)C)C1OC(C2CCCCC2)C(C2CCCCC2)O1. The molecule has 30 heavy (non-hydrogen) atoms. The minimum Gasteiger partial charge on any atom is -0.342 e. The molecule has 0 aromatic heterocycles. The van der Waals surface area contributed by atoms with Crippen LogP contribution in [0.1, 0.15) is 111 Å². The Morgan fingerprint density at radius 1 is 0.733 bits per heavy atom. The summed E-state index contributed by atoms with van der Waals surface area (Å²) in [7, 11) is 0. The van der Waals surface area contributed by atoms with Gasteiger partial charge in [-0.2, -0.15) is 0 Å². The second-order valence-electron chi connectivity index (χ2n) is 10.4. The van der Waals surface area contributed by atoms with E-state index in [4.69, 9.17) is 9.47 Å². The van der Waals surface area contributed by atoms with Gasteiger partial charge in [0.15, 0.2) is 6.29 Å². The van der Waals surface area contributed by atoms with Crippen LogP contribution in [0.15, 0.2) is 35.5 Å². The number of rotatable bonds is 9. The molecule has 3 rings (SSSR count). The lowest BCUT2D eigenvalue weighted by Gasteiger charge is -2.34. The molecule has 0 aromatic rings. The van der Waals surface area contributed by atoms with Crippen molar-refractivity contribution in [2.75, 3.05) is 0 Å². The molecule has 0 spiro atoms. The third-order valence-corrected chi connectivity index (χ3v) is 7.50. The van der Waals surface area contributed by atoms with Crippen LogP contribution in [0.4, 0.5) is 0 Å². The second kappa shape index (κ2) is 12.2. The van der Waals surface area contributed by atoms with Crippen LogP contribution in [-0.4, -0.2) is 18.5 Å². The van der Waals surface area contributed by atoms with Gasteiger partial charge < -0.3 is 9.47 Å². The third-order valence-electron chi connectivity index (χ3n) is 7.50. The summed E-state index contributed by atoms with van der Waals surface area (Å²) in [6.45, 7) is 11.0. The monoisotopic (exact) mass is 414 g/mol. The Morgan fingerprint density at radius 2 is 1.23 bits per heavy atom. The molecule has 1 heterocycles. The van der Waals surface area contributed by atoms with Crippen molar-refractivity contribution in [3.63, 3.8) is 0 Å². The number of hydrogen-bond acceptors (Lipinski definition) is 2. The molecule has 0 amide bonds. The van der Waals surface area contributed by atoms with Crippen molar-refractivity contribution in [3.05, 3.63) is 35.5 Å². The average Bonchev–Trinajstić information content (AvgIpc) is 3.20. The zero-order valence-electron chi connectivity index (χ0n) is 20.0. The molecule has 0 N–H and O–H groups in total. The maximum Gasteiger partial charge on any atom is 0.180 e. The Bertz CT molecular complexity index is 560. The molecule has 2 atom stereocenters. The topological polar surface area (TPSA) is 18.5 Å². The lowest BCUT2D eigenvalue weighted by Crippen LogP contribution is -2.38. The van der Waals surface area contributed by atoms with Crippen molar-refractivity contribution < 1.29 is 9.47 Å². The van der Waals surface area contributed by atoms with Gasteiger partial charge in [0.2, 0.25) is 0 Å². The molecule has 1 saturated heterocycles. The predicted molar refractivity (Wildman–Crippen MR) is 127 cm³/mol. The fraction of sp³-hybridized carbons (Fsp3) is 0.786. The van der Waals surface area contributed by atoms with Crippen molar-refractivity contribution in [1.29, 1.82) is 0 Å². The van der Waals surface area contributed by atoms with Crippen LogP contribution in [-0.2, 0) is 9.47 Å². The molecule has 2 unspecified atom stereocenters. The summed E-state index contributed by atoms with van der Waals surface area (Å²) in [5.41, 5.74) is 4.03. The van der Waals surface area contributed by atoms with Crippen LogP contribution in [0.2, 0.25) is 0 Å². The minimum atomic E-state index is -0.178. The van der Waals surface area contributed by atoms with Crippen LogP contribution in [0, 0.1) is 11.8 Å². The Balaban J connectivity index is 1.53. The van der Waals surface area contributed by atoms with Crippen molar-refractivity contribution in [3.8, 4) is 0 Å². The number of hydrogen-bond donors (Lipinski definition) is 0. The first-order valence-corrected chi connectivity index (χ1v) is 12.8. The quantitative estimate of drug-likeness (QED) is 0.353. The summed E-state index contributed by atoms with van der Waals surface area (Å²) in [5.74, 6) is 1.39. The zero-order valence-corrected chi connectivity index (χ0v) is 20.0. The molecule has 0 aromatic carbocycles. The summed E-state index contributed by atoms with van der Waals surface area (Å²) in [6.07, 6.45) is 23.0. The van der Waals surface area contributed by atoms with E-state index in [0.29, 0.717) is 24.0 Å². The van der Waals surface area contributed by atoms with Gasteiger partial charge in [-0.3, -0.25) is 0 Å². The molecular formula is C28H46O2. The van der Waals surface area contributed by atoms with E-state index in [2.05, 4.69) is 39.5 Å². The highest BCUT2D eigenvalue weighted by Gasteiger charge is 2.45. The van der Waals surface area contributed by atoms with Crippen LogP contribution in [0.3, 0.4) is 0 Å². The molecule has 2 heteroatoms. The van der Waals surface area contributed by atoms with E-state index < -0.39 is 0 Å². The summed E-state index contributed by atoms with van der Waals surface area (Å²) >= 11 is 0. The molecule has 0 radical (unpaired) electrons. The molecule has 1 aliphatic heterocycles. The molecule has 0 bridgehead atoms. The van der Waals surface area contributed by atoms with E-state index in [0.717, 1.165) is 31.3 Å². The molecule has 2 nitrogen and oxygen atoms in total. The Hall–Kier alpha value is -0.860. The Labute approximate surface area is 186 Å². The first-order chi connectivity index (χ1) is 14.5. The summed E-state index contributed by atoms with van der Waals surface area (Å²) in [6, 6.07) is 0. The maximum absolute atomic E-state index is 6.63. The van der Waals surface area contributed by atoms with E-state index in [1.165, 1.54) is 75.4 Å². The fourth-order valence-electron chi connectivity index (χ4n) is 5.66. The first-order valence-electron chi connectivity index (χ1n) is 12.8. The van der Waals surface area contributed by atoms with E-state index in [-0.39, 0.29) is 6.29 Å². The van der Waals surface area contributed by atoms with Gasteiger partial charge in [-0.05, 0) is 89.5 Å². The largest absolute Gasteiger partial charge is 0.342 e. The van der Waals surface area contributed by atoms with E-state index >= 15 is 0 Å². The highest BCUT2D eigenvalue weighted by Crippen LogP contribution is 2.42. The normalized spacial score (nSPS) is 29.2. The first kappa shape index (κ1) is 23.8. The van der Waals surface area contributed by atoms with Crippen LogP contribution in [0.25, 0.3) is 0 Å². The van der Waals surface area contributed by atoms with Crippen molar-refractivity contribution >= 4 is 0 Å². The van der Waals surface area contributed by atoms with E-state index in [9.17, 15) is 0 Å². The van der Waals surface area contributed by atoms with Crippen LogP contribution >= 0.6 is 0 Å². The third kappa shape index (κ3) is 7.09. The molecule has 3 aliphatic rings. The zero-order chi connectivity index (χ0) is 21.3. The molecule has 2 aliphatic carbocycles. The Morgan fingerprint density at radius 3 is 1.73 bits per heavy atom. The highest BCUT2D eigenvalue weighted by atomic mass is 16.7. The summed E-state index contributed by atoms with van der Waals surface area (Å²) in [4.78, 5) is 0. The number of ether oxygens (including phenoxy) is 2. The number of allylic oxidation sites excluding steroid dienone is 4. The van der Waals surface area contributed by atoms with Gasteiger partial charge in [0.1, 0.15) is 0 Å². The summed E-state index contributed by atoms with van der Waals surface area (Å²) < 4.78 is 13.3. The molecular weight excluding hydrogens is 368 g/mol. The average molecular weight is 415 g/mol. The van der Waals surface area contributed by atoms with Crippen LogP contribution in [0.5, 0.6) is 0 Å². The van der Waals surface area contributed by atoms with E-state index in [1.807, 2.05) is 0 Å². The second-order valence-corrected chi connectivity index (χ2v) is 10.4. The van der Waals surface area contributed by atoms with Crippen molar-refractivity contribution in [1.82, 2.24) is 0 Å². The molecule has 3 fully saturated rings. The summed E-state index contributed by atoms with van der Waals surface area (Å²) in [5, 5.41) is 0. The predicted octanol–water partition coefficient (Wildman–Crippen LogP) is 8.29. The molecule has 2 saturated carbocycles. The van der Waals surface area contributed by atoms with Gasteiger partial charge in [-0.1, -0.05) is 68.4 Å². The van der Waals surface area contributed by atoms with Crippen LogP contribution < -0.4 is 0 Å². The van der Waals surface area contributed by atoms with E-state index in [1.54, 1.807) is 0 Å². The van der Waals surface area contributed by atoms with Gasteiger partial charge in [0, 0.05) is 0 Å². The Kier molecular flexibility index (Phi) is 9.71. The standard InChI is InChI=1S/C28H46O2/c1-21(2)13-11-14-22(3)15-12-16-23(4)28-29-26(24-17-7-5-8-18-24)27(30-28)25-19-9-6-10-20-25/h13,15,24-28H,4-12,14,16-20H2,1-3H3/b22-15+. The van der Waals surface area contributed by atoms with Gasteiger partial charge in [-0.15, -0.1) is 0 Å². The van der Waals surface area contributed by atoms with Gasteiger partial charge >= 0.3 is 0 Å². The van der Waals surface area contributed by atoms with Gasteiger partial charge in [0.25, 0.3) is 0 Å². The maximum atomic E-state index is 6.63. The van der Waals surface area contributed by atoms with Crippen molar-refractivity contribution in [2.45, 2.75) is 129 Å². The fourth-order valence-corrected chi connectivity index (χ4v) is 5.66. The van der Waals surface area contributed by atoms with Crippen molar-refractivity contribution in [2.24, 2.45) is 11.8 Å². The lowest BCUT2D eigenvalue weighted by molar-refractivity contribution is -0.0530. The van der Waals surface area contributed by atoms with Gasteiger partial charge in [-0.25, -0.2) is 0 Å². The lowest BCUT2D eigenvalue weighted by atomic mass is 9.77. The van der Waals surface area contributed by atoms with Gasteiger partial charge in [0.05, 0.1) is 12.2 Å². The smallest absolute Gasteiger partial charge is 0.180 e.